The molecular formula is C9H15N3O2S. The summed E-state index contributed by atoms with van der Waals surface area (Å²) in [6.45, 7) is 3.16. The quantitative estimate of drug-likeness (QED) is 0.694. The lowest BCUT2D eigenvalue weighted by atomic mass is 10.4. The maximum absolute atomic E-state index is 11.5. The maximum Gasteiger partial charge on any atom is 0.233 e. The zero-order valence-corrected chi connectivity index (χ0v) is 9.42. The third-order valence-electron chi connectivity index (χ3n) is 1.75. The second kappa shape index (κ2) is 5.67. The van der Waals surface area contributed by atoms with E-state index in [1.54, 1.807) is 24.5 Å². The van der Waals surface area contributed by atoms with Gasteiger partial charge in [-0.1, -0.05) is 6.92 Å². The van der Waals surface area contributed by atoms with Gasteiger partial charge >= 0.3 is 0 Å². The number of hydrogen-bond acceptors (Lipinski definition) is 4. The van der Waals surface area contributed by atoms with Gasteiger partial charge in [0, 0.05) is 18.9 Å². The van der Waals surface area contributed by atoms with E-state index in [9.17, 15) is 8.42 Å². The number of aromatic nitrogens is 1. The molecule has 0 fully saturated rings. The van der Waals surface area contributed by atoms with E-state index in [0.29, 0.717) is 12.2 Å². The van der Waals surface area contributed by atoms with Crippen molar-refractivity contribution in [3.05, 3.63) is 24.5 Å². The van der Waals surface area contributed by atoms with Crippen LogP contribution in [0.3, 0.4) is 0 Å². The molecule has 0 radical (unpaired) electrons. The summed E-state index contributed by atoms with van der Waals surface area (Å²) in [6, 6.07) is 3.23. The van der Waals surface area contributed by atoms with Crippen molar-refractivity contribution in [3.63, 3.8) is 0 Å². The summed E-state index contributed by atoms with van der Waals surface area (Å²) < 4.78 is 25.5. The number of anilines is 1. The molecule has 0 saturated carbocycles. The predicted octanol–water partition coefficient (Wildman–Crippen LogP) is 0.433. The second-order valence-electron chi connectivity index (χ2n) is 3.01. The Bertz CT molecular complexity index is 378. The fourth-order valence-corrected chi connectivity index (χ4v) is 2.04. The molecule has 0 atom stereocenters. The van der Waals surface area contributed by atoms with Crippen molar-refractivity contribution in [2.75, 3.05) is 23.6 Å². The number of nitrogens with one attached hydrogen (secondary N) is 2. The van der Waals surface area contributed by atoms with Gasteiger partial charge in [-0.05, 0) is 18.7 Å². The Kier molecular flexibility index (Phi) is 4.51. The van der Waals surface area contributed by atoms with E-state index in [-0.39, 0.29) is 5.75 Å². The molecule has 0 aliphatic rings. The Morgan fingerprint density at radius 3 is 2.60 bits per heavy atom. The molecule has 0 unspecified atom stereocenters. The number of nitrogens with zero attached hydrogens (tertiary/aromatic N) is 1. The normalized spacial score (nSPS) is 11.3. The van der Waals surface area contributed by atoms with Crippen molar-refractivity contribution < 1.29 is 8.42 Å². The Morgan fingerprint density at radius 2 is 2.00 bits per heavy atom. The van der Waals surface area contributed by atoms with Crippen molar-refractivity contribution in [1.29, 1.82) is 0 Å². The molecular weight excluding hydrogens is 214 g/mol. The highest BCUT2D eigenvalue weighted by molar-refractivity contribution is 7.92. The molecule has 0 saturated heterocycles. The first-order valence-corrected chi connectivity index (χ1v) is 6.40. The Balaban J connectivity index is 2.50. The van der Waals surface area contributed by atoms with Crippen LogP contribution < -0.4 is 10.0 Å². The number of hydrogen-bond donors (Lipinski definition) is 2. The zero-order valence-electron chi connectivity index (χ0n) is 8.60. The summed E-state index contributed by atoms with van der Waals surface area (Å²) in [5.74, 6) is 0.0726. The van der Waals surface area contributed by atoms with E-state index in [2.05, 4.69) is 15.0 Å². The summed E-state index contributed by atoms with van der Waals surface area (Å²) in [7, 11) is -3.25. The topological polar surface area (TPSA) is 71.1 Å². The molecule has 2 N–H and O–H groups in total. The van der Waals surface area contributed by atoms with E-state index in [1.165, 1.54) is 0 Å². The molecule has 15 heavy (non-hydrogen) atoms. The fourth-order valence-electron chi connectivity index (χ4n) is 1.03. The molecule has 0 spiro atoms. The van der Waals surface area contributed by atoms with Crippen LogP contribution >= 0.6 is 0 Å². The van der Waals surface area contributed by atoms with E-state index >= 15 is 0 Å². The number of rotatable bonds is 6. The van der Waals surface area contributed by atoms with Crippen molar-refractivity contribution in [2.24, 2.45) is 0 Å². The molecule has 5 nitrogen and oxygen atoms in total. The van der Waals surface area contributed by atoms with Crippen LogP contribution in [0, 0.1) is 0 Å². The van der Waals surface area contributed by atoms with Gasteiger partial charge in [0.25, 0.3) is 0 Å². The Labute approximate surface area is 90.0 Å². The van der Waals surface area contributed by atoms with Gasteiger partial charge in [0.2, 0.25) is 10.0 Å². The molecule has 0 bridgehead atoms. The minimum atomic E-state index is -3.25. The standard InChI is InChI=1S/C9H15N3O2S/c1-2-10-7-8-15(13,14)12-9-3-5-11-6-4-9/h3-6,10H,2,7-8H2,1H3,(H,11,12). The lowest BCUT2D eigenvalue weighted by molar-refractivity contribution is 0.597. The Morgan fingerprint density at radius 1 is 1.33 bits per heavy atom. The molecule has 6 heteroatoms. The lowest BCUT2D eigenvalue weighted by Crippen LogP contribution is -2.26. The van der Waals surface area contributed by atoms with Crippen molar-refractivity contribution in [1.82, 2.24) is 10.3 Å². The summed E-state index contributed by atoms with van der Waals surface area (Å²) in [5.41, 5.74) is 0.543. The molecule has 0 amide bonds. The first-order chi connectivity index (χ1) is 7.14. The first kappa shape index (κ1) is 11.9. The second-order valence-corrected chi connectivity index (χ2v) is 4.85. The molecule has 1 aromatic rings. The molecule has 0 aliphatic carbocycles. The molecule has 0 aliphatic heterocycles. The summed E-state index contributed by atoms with van der Waals surface area (Å²) in [5, 5.41) is 2.96. The van der Waals surface area contributed by atoms with Crippen LogP contribution in [0.1, 0.15) is 6.92 Å². The minimum absolute atomic E-state index is 0.0726. The van der Waals surface area contributed by atoms with Gasteiger partial charge in [-0.3, -0.25) is 9.71 Å². The zero-order chi connectivity index (χ0) is 11.1. The molecule has 1 rings (SSSR count). The third kappa shape index (κ3) is 4.75. The molecule has 84 valence electrons. The summed E-state index contributed by atoms with van der Waals surface area (Å²) >= 11 is 0. The number of pyridine rings is 1. The van der Waals surface area contributed by atoms with E-state index in [1.807, 2.05) is 6.92 Å². The third-order valence-corrected chi connectivity index (χ3v) is 3.04. The van der Waals surface area contributed by atoms with Gasteiger partial charge in [-0.15, -0.1) is 0 Å². The maximum atomic E-state index is 11.5. The summed E-state index contributed by atoms with van der Waals surface area (Å²) in [6.07, 6.45) is 3.09. The highest BCUT2D eigenvalue weighted by Crippen LogP contribution is 2.05. The average molecular weight is 229 g/mol. The molecule has 1 heterocycles. The van der Waals surface area contributed by atoms with Crippen LogP contribution in [0.15, 0.2) is 24.5 Å². The van der Waals surface area contributed by atoms with Crippen LogP contribution in [0.2, 0.25) is 0 Å². The fraction of sp³-hybridized carbons (Fsp3) is 0.444. The van der Waals surface area contributed by atoms with Gasteiger partial charge < -0.3 is 5.32 Å². The van der Waals surface area contributed by atoms with Gasteiger partial charge in [-0.2, -0.15) is 0 Å². The smallest absolute Gasteiger partial charge is 0.233 e. The molecule has 1 aromatic heterocycles. The van der Waals surface area contributed by atoms with Gasteiger partial charge in [0.1, 0.15) is 0 Å². The average Bonchev–Trinajstić information content (AvgIpc) is 2.18. The SMILES string of the molecule is CCNCCS(=O)(=O)Nc1ccncc1. The monoisotopic (exact) mass is 229 g/mol. The lowest BCUT2D eigenvalue weighted by Gasteiger charge is -2.07. The van der Waals surface area contributed by atoms with E-state index < -0.39 is 10.0 Å². The van der Waals surface area contributed by atoms with Crippen LogP contribution in [-0.2, 0) is 10.0 Å². The highest BCUT2D eigenvalue weighted by atomic mass is 32.2. The van der Waals surface area contributed by atoms with Crippen LogP contribution in [0.5, 0.6) is 0 Å². The van der Waals surface area contributed by atoms with Gasteiger partial charge in [-0.25, -0.2) is 8.42 Å². The van der Waals surface area contributed by atoms with Crippen molar-refractivity contribution in [3.8, 4) is 0 Å². The van der Waals surface area contributed by atoms with Crippen LogP contribution in [0.4, 0.5) is 5.69 Å². The largest absolute Gasteiger partial charge is 0.316 e. The van der Waals surface area contributed by atoms with Crippen LogP contribution in [-0.4, -0.2) is 32.2 Å². The minimum Gasteiger partial charge on any atom is -0.316 e. The van der Waals surface area contributed by atoms with Crippen molar-refractivity contribution >= 4 is 15.7 Å². The predicted molar refractivity (Wildman–Crippen MR) is 60.2 cm³/mol. The summed E-state index contributed by atoms with van der Waals surface area (Å²) in [4.78, 5) is 3.80. The highest BCUT2D eigenvalue weighted by Gasteiger charge is 2.08. The Hall–Kier alpha value is -1.14. The van der Waals surface area contributed by atoms with Gasteiger partial charge in [0.15, 0.2) is 0 Å². The van der Waals surface area contributed by atoms with Crippen molar-refractivity contribution in [2.45, 2.75) is 6.92 Å². The van der Waals surface area contributed by atoms with Gasteiger partial charge in [0.05, 0.1) is 11.4 Å². The van der Waals surface area contributed by atoms with E-state index in [4.69, 9.17) is 0 Å². The number of sulfonamides is 1. The first-order valence-electron chi connectivity index (χ1n) is 4.75. The van der Waals surface area contributed by atoms with Crippen LogP contribution in [0.25, 0.3) is 0 Å². The molecule has 0 aromatic carbocycles. The van der Waals surface area contributed by atoms with E-state index in [0.717, 1.165) is 6.54 Å².